The van der Waals surface area contributed by atoms with Gasteiger partial charge in [-0.2, -0.15) is 0 Å². The molecule has 1 N–H and O–H groups in total. The third-order valence-corrected chi connectivity index (χ3v) is 5.21. The van der Waals surface area contributed by atoms with E-state index in [1.54, 1.807) is 5.56 Å². The normalized spacial score (nSPS) is 27.3. The maximum absolute atomic E-state index is 3.94. The van der Waals surface area contributed by atoms with Gasteiger partial charge >= 0.3 is 0 Å². The number of nitrogens with one attached hydrogen (secondary N) is 1. The summed E-state index contributed by atoms with van der Waals surface area (Å²) in [5, 5.41) is 3.94. The fourth-order valence-corrected chi connectivity index (χ4v) is 3.93. The summed E-state index contributed by atoms with van der Waals surface area (Å²) in [6, 6.07) is 8.99. The Labute approximate surface area is 111 Å². The molecule has 1 aromatic rings. The molecule has 1 atom stereocenters. The Morgan fingerprint density at radius 2 is 1.67 bits per heavy atom. The lowest BCUT2D eigenvalue weighted by molar-refractivity contribution is 0.195. The monoisotopic (exact) mass is 243 g/mol. The van der Waals surface area contributed by atoms with Gasteiger partial charge in [-0.25, -0.2) is 0 Å². The van der Waals surface area contributed by atoms with Gasteiger partial charge in [-0.1, -0.05) is 56.9 Å². The fourth-order valence-electron chi connectivity index (χ4n) is 3.93. The first kappa shape index (κ1) is 12.2. The molecule has 1 spiro atoms. The van der Waals surface area contributed by atoms with Crippen LogP contribution in [0.3, 0.4) is 0 Å². The summed E-state index contributed by atoms with van der Waals surface area (Å²) in [7, 11) is 0. The predicted molar refractivity (Wildman–Crippen MR) is 76.6 cm³/mol. The van der Waals surface area contributed by atoms with Crippen LogP contribution in [0.15, 0.2) is 24.3 Å². The van der Waals surface area contributed by atoms with Crippen molar-refractivity contribution in [2.24, 2.45) is 5.92 Å². The molecular formula is C17H25N. The second-order valence-corrected chi connectivity index (χ2v) is 6.30. The van der Waals surface area contributed by atoms with Crippen molar-refractivity contribution in [3.05, 3.63) is 35.4 Å². The van der Waals surface area contributed by atoms with E-state index in [9.17, 15) is 0 Å². The van der Waals surface area contributed by atoms with Gasteiger partial charge in [0.2, 0.25) is 0 Å². The van der Waals surface area contributed by atoms with Crippen LogP contribution in [-0.4, -0.2) is 5.54 Å². The highest BCUT2D eigenvalue weighted by molar-refractivity contribution is 5.29. The molecule has 1 unspecified atom stereocenters. The predicted octanol–water partition coefficient (Wildman–Crippen LogP) is 4.06. The van der Waals surface area contributed by atoms with Crippen molar-refractivity contribution in [2.45, 2.75) is 64.0 Å². The van der Waals surface area contributed by atoms with Crippen LogP contribution in [0.2, 0.25) is 0 Å². The highest BCUT2D eigenvalue weighted by atomic mass is 15.0. The van der Waals surface area contributed by atoms with Crippen LogP contribution in [0, 0.1) is 5.92 Å². The molecule has 1 aliphatic carbocycles. The van der Waals surface area contributed by atoms with E-state index in [4.69, 9.17) is 0 Å². The first-order valence-corrected chi connectivity index (χ1v) is 7.62. The van der Waals surface area contributed by atoms with Crippen LogP contribution in [-0.2, 0) is 13.0 Å². The second kappa shape index (κ2) is 5.05. The fraction of sp³-hybridized carbons (Fsp3) is 0.647. The van der Waals surface area contributed by atoms with Crippen LogP contribution < -0.4 is 5.32 Å². The zero-order chi connectivity index (χ0) is 12.4. The molecule has 1 heterocycles. The molecule has 2 aliphatic rings. The van der Waals surface area contributed by atoms with Crippen molar-refractivity contribution in [3.8, 4) is 0 Å². The summed E-state index contributed by atoms with van der Waals surface area (Å²) in [5.74, 6) is 0.763. The minimum absolute atomic E-state index is 0.412. The Kier molecular flexibility index (Phi) is 3.43. The minimum Gasteiger partial charge on any atom is -0.307 e. The maximum atomic E-state index is 3.94. The van der Waals surface area contributed by atoms with E-state index >= 15 is 0 Å². The van der Waals surface area contributed by atoms with E-state index in [1.165, 1.54) is 50.5 Å². The van der Waals surface area contributed by atoms with Crippen molar-refractivity contribution >= 4 is 0 Å². The summed E-state index contributed by atoms with van der Waals surface area (Å²) < 4.78 is 0. The van der Waals surface area contributed by atoms with Gasteiger partial charge in [-0.15, -0.1) is 0 Å². The SMILES string of the molecule is CC1Cc2ccccc2CNC12CCCCCC2. The van der Waals surface area contributed by atoms with Gasteiger partial charge in [-0.3, -0.25) is 0 Å². The second-order valence-electron chi connectivity index (χ2n) is 6.30. The Bertz CT molecular complexity index is 402. The molecule has 1 fully saturated rings. The molecule has 1 aromatic carbocycles. The van der Waals surface area contributed by atoms with Crippen molar-refractivity contribution in [2.75, 3.05) is 0 Å². The van der Waals surface area contributed by atoms with Crippen LogP contribution in [0.1, 0.15) is 56.6 Å². The quantitative estimate of drug-likeness (QED) is 0.724. The van der Waals surface area contributed by atoms with Crippen molar-refractivity contribution < 1.29 is 0 Å². The van der Waals surface area contributed by atoms with E-state index in [1.807, 2.05) is 0 Å². The number of benzene rings is 1. The molecule has 0 radical (unpaired) electrons. The van der Waals surface area contributed by atoms with Gasteiger partial charge in [0.15, 0.2) is 0 Å². The maximum Gasteiger partial charge on any atom is 0.0213 e. The summed E-state index contributed by atoms with van der Waals surface area (Å²) in [5.41, 5.74) is 3.50. The molecule has 0 amide bonds. The van der Waals surface area contributed by atoms with E-state index in [0.717, 1.165) is 12.5 Å². The third kappa shape index (κ3) is 2.21. The average Bonchev–Trinajstić information content (AvgIpc) is 2.70. The molecule has 0 bridgehead atoms. The molecule has 1 aliphatic heterocycles. The lowest BCUT2D eigenvalue weighted by atomic mass is 9.76. The average molecular weight is 243 g/mol. The topological polar surface area (TPSA) is 12.0 Å². The van der Waals surface area contributed by atoms with Gasteiger partial charge in [0.25, 0.3) is 0 Å². The molecular weight excluding hydrogens is 218 g/mol. The summed E-state index contributed by atoms with van der Waals surface area (Å²) in [4.78, 5) is 0. The van der Waals surface area contributed by atoms with E-state index in [-0.39, 0.29) is 0 Å². The van der Waals surface area contributed by atoms with Crippen LogP contribution in [0.4, 0.5) is 0 Å². The minimum atomic E-state index is 0.412. The third-order valence-electron chi connectivity index (χ3n) is 5.21. The molecule has 18 heavy (non-hydrogen) atoms. The highest BCUT2D eigenvalue weighted by Crippen LogP contribution is 2.37. The van der Waals surface area contributed by atoms with Gasteiger partial charge in [-0.05, 0) is 36.3 Å². The molecule has 1 heteroatoms. The summed E-state index contributed by atoms with van der Waals surface area (Å²) >= 11 is 0. The number of hydrogen-bond acceptors (Lipinski definition) is 1. The smallest absolute Gasteiger partial charge is 0.0213 e. The Morgan fingerprint density at radius 3 is 2.39 bits per heavy atom. The van der Waals surface area contributed by atoms with Crippen LogP contribution in [0.25, 0.3) is 0 Å². The Hall–Kier alpha value is -0.820. The standard InChI is InChI=1S/C17H25N/c1-14-12-15-8-4-5-9-16(15)13-18-17(14)10-6-2-3-7-11-17/h4-5,8-9,14,18H,2-3,6-7,10-13H2,1H3. The van der Waals surface area contributed by atoms with Crippen molar-refractivity contribution in [1.82, 2.24) is 5.32 Å². The van der Waals surface area contributed by atoms with E-state index in [2.05, 4.69) is 36.5 Å². The van der Waals surface area contributed by atoms with E-state index in [0.29, 0.717) is 5.54 Å². The van der Waals surface area contributed by atoms with Gasteiger partial charge < -0.3 is 5.32 Å². The molecule has 0 aromatic heterocycles. The number of rotatable bonds is 0. The largest absolute Gasteiger partial charge is 0.307 e. The van der Waals surface area contributed by atoms with E-state index < -0.39 is 0 Å². The number of hydrogen-bond donors (Lipinski definition) is 1. The van der Waals surface area contributed by atoms with Gasteiger partial charge in [0, 0.05) is 12.1 Å². The molecule has 0 saturated heterocycles. The molecule has 1 nitrogen and oxygen atoms in total. The molecule has 98 valence electrons. The zero-order valence-electron chi connectivity index (χ0n) is 11.5. The summed E-state index contributed by atoms with van der Waals surface area (Å²) in [6.45, 7) is 3.53. The molecule has 1 saturated carbocycles. The first-order chi connectivity index (χ1) is 8.80. The van der Waals surface area contributed by atoms with Crippen LogP contribution >= 0.6 is 0 Å². The lowest BCUT2D eigenvalue weighted by Crippen LogP contribution is -2.49. The first-order valence-electron chi connectivity index (χ1n) is 7.62. The Balaban J connectivity index is 1.87. The zero-order valence-corrected chi connectivity index (χ0v) is 11.5. The lowest BCUT2D eigenvalue weighted by Gasteiger charge is -2.38. The highest BCUT2D eigenvalue weighted by Gasteiger charge is 2.37. The Morgan fingerprint density at radius 1 is 1.00 bits per heavy atom. The summed E-state index contributed by atoms with van der Waals surface area (Å²) in [6.07, 6.45) is 9.70. The van der Waals surface area contributed by atoms with Crippen LogP contribution in [0.5, 0.6) is 0 Å². The number of fused-ring (bicyclic) bond motifs is 1. The van der Waals surface area contributed by atoms with Gasteiger partial charge in [0.05, 0.1) is 0 Å². The molecule has 3 rings (SSSR count). The van der Waals surface area contributed by atoms with Gasteiger partial charge in [0.1, 0.15) is 0 Å². The van der Waals surface area contributed by atoms with Crippen molar-refractivity contribution in [1.29, 1.82) is 0 Å². The van der Waals surface area contributed by atoms with Crippen molar-refractivity contribution in [3.63, 3.8) is 0 Å².